The molecule has 0 saturated heterocycles. The molecule has 1 N–H and O–H groups in total. The summed E-state index contributed by atoms with van der Waals surface area (Å²) in [6.45, 7) is 7.73. The van der Waals surface area contributed by atoms with Crippen LogP contribution in [0.2, 0.25) is 0 Å². The molecule has 1 heterocycles. The fourth-order valence-corrected chi connectivity index (χ4v) is 2.23. The first-order chi connectivity index (χ1) is 10.6. The Bertz CT molecular complexity index is 624. The van der Waals surface area contributed by atoms with Gasteiger partial charge in [0.1, 0.15) is 17.3 Å². The number of nitrogens with zero attached hydrogens (tertiary/aromatic N) is 3. The second-order valence-electron chi connectivity index (χ2n) is 5.00. The summed E-state index contributed by atoms with van der Waals surface area (Å²) in [6, 6.07) is 11.8. The Morgan fingerprint density at radius 1 is 1.14 bits per heavy atom. The summed E-state index contributed by atoms with van der Waals surface area (Å²) in [5, 5.41) is 3.25. The number of aromatic nitrogens is 2. The molecule has 0 saturated carbocycles. The van der Waals surface area contributed by atoms with Crippen LogP contribution in [0.4, 0.5) is 5.82 Å². The number of carbonyl (C=O) groups excluding carboxylic acids is 1. The van der Waals surface area contributed by atoms with Crippen LogP contribution in [0.3, 0.4) is 0 Å². The maximum Gasteiger partial charge on any atom is 0.272 e. The van der Waals surface area contributed by atoms with Crippen LogP contribution < -0.4 is 5.32 Å². The summed E-state index contributed by atoms with van der Waals surface area (Å²) in [6.07, 6.45) is 0. The van der Waals surface area contributed by atoms with Gasteiger partial charge in [0.2, 0.25) is 0 Å². The highest BCUT2D eigenvalue weighted by molar-refractivity contribution is 5.93. The Kier molecular flexibility index (Phi) is 5.47. The molecule has 0 radical (unpaired) electrons. The van der Waals surface area contributed by atoms with Crippen molar-refractivity contribution in [3.8, 4) is 0 Å². The fraction of sp³-hybridized carbons (Fsp3) is 0.353. The first kappa shape index (κ1) is 15.9. The number of hydrogen-bond donors (Lipinski definition) is 1. The zero-order valence-electron chi connectivity index (χ0n) is 13.3. The maximum atomic E-state index is 12.4. The Balaban J connectivity index is 2.14. The van der Waals surface area contributed by atoms with Gasteiger partial charge in [-0.15, -0.1) is 0 Å². The Labute approximate surface area is 131 Å². The molecule has 2 aromatic rings. The number of benzene rings is 1. The van der Waals surface area contributed by atoms with Crippen molar-refractivity contribution in [1.82, 2.24) is 14.9 Å². The van der Waals surface area contributed by atoms with E-state index in [1.807, 2.05) is 44.2 Å². The minimum absolute atomic E-state index is 0.0572. The third kappa shape index (κ3) is 4.04. The molecular formula is C17H22N4O. The van der Waals surface area contributed by atoms with E-state index in [1.165, 1.54) is 0 Å². The lowest BCUT2D eigenvalue weighted by atomic mass is 10.2. The summed E-state index contributed by atoms with van der Waals surface area (Å²) in [4.78, 5) is 22.8. The molecular weight excluding hydrogens is 276 g/mol. The van der Waals surface area contributed by atoms with Crippen LogP contribution in [-0.2, 0) is 6.54 Å². The molecule has 116 valence electrons. The molecule has 5 heteroatoms. The monoisotopic (exact) mass is 298 g/mol. The molecule has 1 amide bonds. The minimum atomic E-state index is -0.0572. The topological polar surface area (TPSA) is 58.1 Å². The Hall–Kier alpha value is -2.43. The predicted octanol–water partition coefficient (Wildman–Crippen LogP) is 2.88. The molecule has 0 aliphatic rings. The lowest BCUT2D eigenvalue weighted by molar-refractivity contribution is 0.0766. The van der Waals surface area contributed by atoms with E-state index in [-0.39, 0.29) is 5.91 Å². The van der Waals surface area contributed by atoms with Crippen molar-refractivity contribution >= 4 is 11.7 Å². The quantitative estimate of drug-likeness (QED) is 0.891. The van der Waals surface area contributed by atoms with Crippen LogP contribution >= 0.6 is 0 Å². The highest BCUT2D eigenvalue weighted by Crippen LogP contribution is 2.11. The minimum Gasteiger partial charge on any atom is -0.366 e. The van der Waals surface area contributed by atoms with Crippen LogP contribution in [0.1, 0.15) is 35.7 Å². The molecule has 0 fully saturated rings. The van der Waals surface area contributed by atoms with Crippen LogP contribution in [0.5, 0.6) is 0 Å². The van der Waals surface area contributed by atoms with E-state index < -0.39 is 0 Å². The van der Waals surface area contributed by atoms with Crippen molar-refractivity contribution in [1.29, 1.82) is 0 Å². The number of nitrogens with one attached hydrogen (secondary N) is 1. The van der Waals surface area contributed by atoms with Gasteiger partial charge in [0, 0.05) is 25.7 Å². The SMILES string of the molecule is CCN(CC)C(=O)c1cc(NCc2ccccc2)nc(C)n1. The zero-order chi connectivity index (χ0) is 15.9. The van der Waals surface area contributed by atoms with E-state index in [2.05, 4.69) is 15.3 Å². The van der Waals surface area contributed by atoms with Crippen LogP contribution in [0.15, 0.2) is 36.4 Å². The van der Waals surface area contributed by atoms with Gasteiger partial charge >= 0.3 is 0 Å². The predicted molar refractivity (Wildman–Crippen MR) is 87.8 cm³/mol. The van der Waals surface area contributed by atoms with E-state index in [1.54, 1.807) is 17.9 Å². The highest BCUT2D eigenvalue weighted by Gasteiger charge is 2.15. The van der Waals surface area contributed by atoms with Gasteiger partial charge in [0.05, 0.1) is 0 Å². The van der Waals surface area contributed by atoms with Crippen molar-refractivity contribution in [2.24, 2.45) is 0 Å². The molecule has 0 atom stereocenters. The number of amides is 1. The molecule has 0 aliphatic carbocycles. The maximum absolute atomic E-state index is 12.4. The van der Waals surface area contributed by atoms with E-state index in [0.717, 1.165) is 5.56 Å². The van der Waals surface area contributed by atoms with E-state index in [9.17, 15) is 4.79 Å². The van der Waals surface area contributed by atoms with Crippen molar-refractivity contribution in [3.63, 3.8) is 0 Å². The van der Waals surface area contributed by atoms with Crippen molar-refractivity contribution < 1.29 is 4.79 Å². The van der Waals surface area contributed by atoms with Crippen LogP contribution in [0.25, 0.3) is 0 Å². The molecule has 5 nitrogen and oxygen atoms in total. The van der Waals surface area contributed by atoms with Gasteiger partial charge in [-0.05, 0) is 26.3 Å². The summed E-state index contributed by atoms with van der Waals surface area (Å²) in [5.74, 6) is 1.21. The molecule has 1 aromatic carbocycles. The number of anilines is 1. The molecule has 0 aliphatic heterocycles. The summed E-state index contributed by atoms with van der Waals surface area (Å²) < 4.78 is 0. The van der Waals surface area contributed by atoms with Crippen molar-refractivity contribution in [2.75, 3.05) is 18.4 Å². The summed E-state index contributed by atoms with van der Waals surface area (Å²) in [5.41, 5.74) is 1.60. The first-order valence-electron chi connectivity index (χ1n) is 7.56. The van der Waals surface area contributed by atoms with Gasteiger partial charge in [0.15, 0.2) is 0 Å². The third-order valence-electron chi connectivity index (χ3n) is 3.42. The van der Waals surface area contributed by atoms with Gasteiger partial charge in [-0.3, -0.25) is 4.79 Å². The highest BCUT2D eigenvalue weighted by atomic mass is 16.2. The second kappa shape index (κ2) is 7.54. The van der Waals surface area contributed by atoms with Gasteiger partial charge in [0.25, 0.3) is 5.91 Å². The normalized spacial score (nSPS) is 10.3. The van der Waals surface area contributed by atoms with Gasteiger partial charge < -0.3 is 10.2 Å². The number of carbonyl (C=O) groups is 1. The lowest BCUT2D eigenvalue weighted by Crippen LogP contribution is -2.31. The second-order valence-corrected chi connectivity index (χ2v) is 5.00. The molecule has 2 rings (SSSR count). The van der Waals surface area contributed by atoms with Crippen molar-refractivity contribution in [2.45, 2.75) is 27.3 Å². The van der Waals surface area contributed by atoms with E-state index in [0.29, 0.717) is 37.0 Å². The smallest absolute Gasteiger partial charge is 0.272 e. The third-order valence-corrected chi connectivity index (χ3v) is 3.42. The van der Waals surface area contributed by atoms with Gasteiger partial charge in [-0.25, -0.2) is 9.97 Å². The fourth-order valence-electron chi connectivity index (χ4n) is 2.23. The molecule has 0 spiro atoms. The van der Waals surface area contributed by atoms with Gasteiger partial charge in [-0.1, -0.05) is 30.3 Å². The largest absolute Gasteiger partial charge is 0.366 e. The Morgan fingerprint density at radius 2 is 1.82 bits per heavy atom. The van der Waals surface area contributed by atoms with Crippen LogP contribution in [-0.4, -0.2) is 33.9 Å². The lowest BCUT2D eigenvalue weighted by Gasteiger charge is -2.18. The molecule has 0 bridgehead atoms. The summed E-state index contributed by atoms with van der Waals surface area (Å²) >= 11 is 0. The van der Waals surface area contributed by atoms with Crippen molar-refractivity contribution in [3.05, 3.63) is 53.5 Å². The first-order valence-corrected chi connectivity index (χ1v) is 7.56. The zero-order valence-corrected chi connectivity index (χ0v) is 13.3. The Morgan fingerprint density at radius 3 is 2.45 bits per heavy atom. The van der Waals surface area contributed by atoms with E-state index >= 15 is 0 Å². The molecule has 0 unspecified atom stereocenters. The van der Waals surface area contributed by atoms with Gasteiger partial charge in [-0.2, -0.15) is 0 Å². The average molecular weight is 298 g/mol. The van der Waals surface area contributed by atoms with Crippen LogP contribution in [0, 0.1) is 6.92 Å². The molecule has 22 heavy (non-hydrogen) atoms. The number of rotatable bonds is 6. The standard InChI is InChI=1S/C17H22N4O/c1-4-21(5-2)17(22)15-11-16(20-13(3)19-15)18-12-14-9-7-6-8-10-14/h6-11H,4-5,12H2,1-3H3,(H,18,19,20). The number of hydrogen-bond acceptors (Lipinski definition) is 4. The summed E-state index contributed by atoms with van der Waals surface area (Å²) in [7, 11) is 0. The molecule has 1 aromatic heterocycles. The average Bonchev–Trinajstić information content (AvgIpc) is 2.54. The number of aryl methyl sites for hydroxylation is 1. The van der Waals surface area contributed by atoms with E-state index in [4.69, 9.17) is 0 Å².